The monoisotopic (exact) mass is 186 g/mol. The SMILES string of the molecule is CC(C)=CC1C(Cl)C(=O)C1(C)C. The van der Waals surface area contributed by atoms with E-state index in [0.29, 0.717) is 0 Å². The second kappa shape index (κ2) is 2.88. The summed E-state index contributed by atoms with van der Waals surface area (Å²) in [7, 11) is 0. The van der Waals surface area contributed by atoms with Gasteiger partial charge in [0.1, 0.15) is 0 Å². The fourth-order valence-corrected chi connectivity index (χ4v) is 2.27. The smallest absolute Gasteiger partial charge is 0.157 e. The lowest BCUT2D eigenvalue weighted by molar-refractivity contribution is -0.139. The Morgan fingerprint density at radius 3 is 2.33 bits per heavy atom. The molecule has 0 bridgehead atoms. The predicted molar refractivity (Wildman–Crippen MR) is 51.4 cm³/mol. The van der Waals surface area contributed by atoms with Crippen molar-refractivity contribution in [3.8, 4) is 0 Å². The normalized spacial score (nSPS) is 32.6. The summed E-state index contributed by atoms with van der Waals surface area (Å²) in [4.78, 5) is 11.3. The van der Waals surface area contributed by atoms with Gasteiger partial charge >= 0.3 is 0 Å². The maximum atomic E-state index is 11.3. The second-order valence-electron chi connectivity index (χ2n) is 4.26. The van der Waals surface area contributed by atoms with Crippen molar-refractivity contribution < 1.29 is 4.79 Å². The summed E-state index contributed by atoms with van der Waals surface area (Å²) in [5.41, 5.74) is 0.982. The zero-order valence-electron chi connectivity index (χ0n) is 8.02. The summed E-state index contributed by atoms with van der Waals surface area (Å²) in [6.07, 6.45) is 2.10. The first-order valence-corrected chi connectivity index (χ1v) is 4.64. The number of rotatable bonds is 1. The first-order valence-electron chi connectivity index (χ1n) is 4.21. The van der Waals surface area contributed by atoms with Gasteiger partial charge in [-0.05, 0) is 13.8 Å². The van der Waals surface area contributed by atoms with Crippen LogP contribution in [0.2, 0.25) is 0 Å². The highest BCUT2D eigenvalue weighted by molar-refractivity contribution is 6.35. The van der Waals surface area contributed by atoms with Crippen molar-refractivity contribution in [3.63, 3.8) is 0 Å². The molecule has 0 aromatic carbocycles. The molecule has 0 N–H and O–H groups in total. The number of ketones is 1. The Bertz CT molecular complexity index is 236. The number of alkyl halides is 1. The Kier molecular flexibility index (Phi) is 2.35. The van der Waals surface area contributed by atoms with Gasteiger partial charge in [0.15, 0.2) is 5.78 Å². The molecule has 0 heterocycles. The Morgan fingerprint density at radius 2 is 2.00 bits per heavy atom. The summed E-state index contributed by atoms with van der Waals surface area (Å²) in [5, 5.41) is -0.296. The summed E-state index contributed by atoms with van der Waals surface area (Å²) in [5.74, 6) is 0.392. The van der Waals surface area contributed by atoms with Crippen molar-refractivity contribution in [2.75, 3.05) is 0 Å². The summed E-state index contributed by atoms with van der Waals surface area (Å²) >= 11 is 5.90. The molecule has 2 heteroatoms. The molecule has 1 saturated carbocycles. The third-order valence-corrected chi connectivity index (χ3v) is 3.02. The predicted octanol–water partition coefficient (Wildman–Crippen LogP) is 2.79. The Morgan fingerprint density at radius 1 is 1.50 bits per heavy atom. The average Bonchev–Trinajstić information content (AvgIpc) is 1.98. The van der Waals surface area contributed by atoms with E-state index in [1.165, 1.54) is 5.57 Å². The molecule has 1 aliphatic rings. The van der Waals surface area contributed by atoms with Crippen LogP contribution in [0.5, 0.6) is 0 Å². The van der Waals surface area contributed by atoms with Crippen molar-refractivity contribution in [2.24, 2.45) is 11.3 Å². The van der Waals surface area contributed by atoms with Crippen LogP contribution in [0.3, 0.4) is 0 Å². The first-order chi connectivity index (χ1) is 5.37. The Labute approximate surface area is 78.8 Å². The number of Topliss-reactive ketones (excluding diaryl/α,β-unsaturated/α-hetero) is 1. The highest BCUT2D eigenvalue weighted by Gasteiger charge is 2.53. The number of carbonyl (C=O) groups is 1. The summed E-state index contributed by atoms with van der Waals surface area (Å²) in [6.45, 7) is 7.97. The van der Waals surface area contributed by atoms with Crippen molar-refractivity contribution in [2.45, 2.75) is 33.1 Å². The van der Waals surface area contributed by atoms with Crippen LogP contribution < -0.4 is 0 Å². The molecule has 12 heavy (non-hydrogen) atoms. The molecule has 0 radical (unpaired) electrons. The molecule has 1 nitrogen and oxygen atoms in total. The Hall–Kier alpha value is -0.300. The van der Waals surface area contributed by atoms with Gasteiger partial charge in [-0.15, -0.1) is 11.6 Å². The molecule has 0 aromatic heterocycles. The quantitative estimate of drug-likeness (QED) is 0.455. The lowest BCUT2D eigenvalue weighted by Gasteiger charge is -2.45. The minimum Gasteiger partial charge on any atom is -0.297 e. The van der Waals surface area contributed by atoms with Crippen LogP contribution in [0.1, 0.15) is 27.7 Å². The van der Waals surface area contributed by atoms with Gasteiger partial charge in [0.25, 0.3) is 0 Å². The van der Waals surface area contributed by atoms with Crippen molar-refractivity contribution in [1.82, 2.24) is 0 Å². The maximum Gasteiger partial charge on any atom is 0.157 e. The van der Waals surface area contributed by atoms with Crippen LogP contribution in [0, 0.1) is 11.3 Å². The van der Waals surface area contributed by atoms with Gasteiger partial charge in [-0.2, -0.15) is 0 Å². The van der Waals surface area contributed by atoms with E-state index in [9.17, 15) is 4.79 Å². The summed E-state index contributed by atoms with van der Waals surface area (Å²) in [6, 6.07) is 0. The molecular weight excluding hydrogens is 172 g/mol. The lowest BCUT2D eigenvalue weighted by Crippen LogP contribution is -2.54. The van der Waals surface area contributed by atoms with Crippen LogP contribution in [0.25, 0.3) is 0 Å². The van der Waals surface area contributed by atoms with Gasteiger partial charge in [0, 0.05) is 11.3 Å². The summed E-state index contributed by atoms with van der Waals surface area (Å²) < 4.78 is 0. The van der Waals surface area contributed by atoms with Crippen molar-refractivity contribution >= 4 is 17.4 Å². The van der Waals surface area contributed by atoms with E-state index >= 15 is 0 Å². The molecule has 0 spiro atoms. The highest BCUT2D eigenvalue weighted by Crippen LogP contribution is 2.46. The van der Waals surface area contributed by atoms with E-state index in [1.54, 1.807) is 0 Å². The first kappa shape index (κ1) is 9.79. The molecule has 0 amide bonds. The number of hydrogen-bond acceptors (Lipinski definition) is 1. The third kappa shape index (κ3) is 1.31. The van der Waals surface area contributed by atoms with Gasteiger partial charge in [-0.3, -0.25) is 4.79 Å². The molecule has 0 saturated heterocycles. The molecule has 2 atom stereocenters. The highest BCUT2D eigenvalue weighted by atomic mass is 35.5. The zero-order chi connectivity index (χ0) is 9.52. The standard InChI is InChI=1S/C10H15ClO/c1-6(2)5-7-8(11)9(12)10(7,3)4/h5,7-8H,1-4H3. The molecule has 1 rings (SSSR count). The Balaban J connectivity index is 2.81. The largest absolute Gasteiger partial charge is 0.297 e. The van der Waals surface area contributed by atoms with Gasteiger partial charge in [-0.1, -0.05) is 25.5 Å². The van der Waals surface area contributed by atoms with E-state index in [0.717, 1.165) is 0 Å². The van der Waals surface area contributed by atoms with Gasteiger partial charge < -0.3 is 0 Å². The second-order valence-corrected chi connectivity index (χ2v) is 4.73. The van der Waals surface area contributed by atoms with E-state index < -0.39 is 0 Å². The van der Waals surface area contributed by atoms with Gasteiger partial charge in [-0.25, -0.2) is 0 Å². The van der Waals surface area contributed by atoms with Crippen LogP contribution in [-0.4, -0.2) is 11.2 Å². The van der Waals surface area contributed by atoms with Gasteiger partial charge in [0.2, 0.25) is 0 Å². The van der Waals surface area contributed by atoms with E-state index in [-0.39, 0.29) is 22.5 Å². The topological polar surface area (TPSA) is 17.1 Å². The molecule has 1 aliphatic carbocycles. The minimum atomic E-state index is -0.296. The lowest BCUT2D eigenvalue weighted by atomic mass is 9.60. The van der Waals surface area contributed by atoms with Crippen LogP contribution in [0.15, 0.2) is 11.6 Å². The molecule has 68 valence electrons. The zero-order valence-corrected chi connectivity index (χ0v) is 8.77. The number of carbonyl (C=O) groups excluding carboxylic acids is 1. The van der Waals surface area contributed by atoms with E-state index in [4.69, 9.17) is 11.6 Å². The van der Waals surface area contributed by atoms with Gasteiger partial charge in [0.05, 0.1) is 5.38 Å². The number of halogens is 1. The average molecular weight is 187 g/mol. The van der Waals surface area contributed by atoms with Crippen molar-refractivity contribution in [3.05, 3.63) is 11.6 Å². The number of allylic oxidation sites excluding steroid dienone is 2. The number of hydrogen-bond donors (Lipinski definition) is 0. The van der Waals surface area contributed by atoms with Crippen LogP contribution >= 0.6 is 11.6 Å². The maximum absolute atomic E-state index is 11.3. The fourth-order valence-electron chi connectivity index (χ4n) is 1.60. The third-order valence-electron chi connectivity index (χ3n) is 2.55. The van der Waals surface area contributed by atoms with Crippen LogP contribution in [-0.2, 0) is 4.79 Å². The van der Waals surface area contributed by atoms with Crippen LogP contribution in [0.4, 0.5) is 0 Å². The minimum absolute atomic E-state index is 0.173. The molecule has 1 fully saturated rings. The molecule has 0 aromatic rings. The van der Waals surface area contributed by atoms with E-state index in [1.807, 2.05) is 27.7 Å². The fraction of sp³-hybridized carbons (Fsp3) is 0.700. The molecule has 2 unspecified atom stereocenters. The molecular formula is C10H15ClO. The van der Waals surface area contributed by atoms with Crippen molar-refractivity contribution in [1.29, 1.82) is 0 Å². The molecule has 0 aliphatic heterocycles. The van der Waals surface area contributed by atoms with E-state index in [2.05, 4.69) is 6.08 Å².